The molecule has 7 heteroatoms. The number of thiophene rings is 1. The summed E-state index contributed by atoms with van der Waals surface area (Å²) >= 11 is 1.79. The molecule has 4 aromatic heterocycles. The van der Waals surface area contributed by atoms with Gasteiger partial charge >= 0.3 is 0 Å². The number of imidazole rings is 1. The van der Waals surface area contributed by atoms with Crippen LogP contribution in [0.25, 0.3) is 104 Å². The third-order valence-corrected chi connectivity index (χ3v) is 11.0. The summed E-state index contributed by atoms with van der Waals surface area (Å²) in [6.45, 7) is 0. The molecule has 11 rings (SSSR count). The van der Waals surface area contributed by atoms with Crippen LogP contribution >= 0.6 is 11.3 Å². The molecule has 0 unspecified atom stereocenters. The van der Waals surface area contributed by atoms with Crippen LogP contribution in [0.5, 0.6) is 0 Å². The van der Waals surface area contributed by atoms with Gasteiger partial charge in [0, 0.05) is 58.9 Å². The van der Waals surface area contributed by atoms with E-state index in [1.165, 1.54) is 14.8 Å². The standard InChI is InChI=1S/C46H27N5OS/c1-3-13-28(14-4-1)43-48-44(50-45(49-43)34-19-12-24-40-42(34)32-17-7-10-23-39(32)53-40)33-18-11-22-37-41(33)31-26-25-29(27-38(31)52-37)46-47-35-20-8-9-21-36(35)51(46)30-15-5-2-6-16-30/h1-27H. The smallest absolute Gasteiger partial charge is 0.164 e. The van der Waals surface area contributed by atoms with E-state index in [9.17, 15) is 0 Å². The normalized spacial score (nSPS) is 11.8. The highest BCUT2D eigenvalue weighted by Gasteiger charge is 2.21. The summed E-state index contributed by atoms with van der Waals surface area (Å²) in [6.07, 6.45) is 0. The molecule has 4 heterocycles. The Balaban J connectivity index is 1.12. The summed E-state index contributed by atoms with van der Waals surface area (Å²) in [5, 5.41) is 4.30. The van der Waals surface area contributed by atoms with E-state index >= 15 is 0 Å². The molecule has 0 saturated heterocycles. The maximum Gasteiger partial charge on any atom is 0.164 e. The van der Waals surface area contributed by atoms with Crippen LogP contribution in [-0.2, 0) is 0 Å². The van der Waals surface area contributed by atoms with E-state index in [0.29, 0.717) is 17.5 Å². The molecule has 0 aliphatic carbocycles. The first-order valence-electron chi connectivity index (χ1n) is 17.5. The van der Waals surface area contributed by atoms with Crippen molar-refractivity contribution in [1.82, 2.24) is 24.5 Å². The Morgan fingerprint density at radius 1 is 0.453 bits per heavy atom. The Labute approximate surface area is 307 Å². The number of fused-ring (bicyclic) bond motifs is 7. The molecule has 0 N–H and O–H groups in total. The van der Waals surface area contributed by atoms with Crippen molar-refractivity contribution in [2.24, 2.45) is 0 Å². The maximum atomic E-state index is 6.61. The Hall–Kier alpha value is -6.96. The van der Waals surface area contributed by atoms with Gasteiger partial charge < -0.3 is 4.42 Å². The highest BCUT2D eigenvalue weighted by Crippen LogP contribution is 2.42. The van der Waals surface area contributed by atoms with Gasteiger partial charge in [0.2, 0.25) is 0 Å². The van der Waals surface area contributed by atoms with Gasteiger partial charge in [0.1, 0.15) is 17.0 Å². The van der Waals surface area contributed by atoms with E-state index in [1.54, 1.807) is 11.3 Å². The molecule has 0 spiro atoms. The van der Waals surface area contributed by atoms with E-state index in [1.807, 2.05) is 54.6 Å². The summed E-state index contributed by atoms with van der Waals surface area (Å²) in [7, 11) is 0. The number of hydrogen-bond donors (Lipinski definition) is 0. The number of furan rings is 1. The van der Waals surface area contributed by atoms with Crippen molar-refractivity contribution in [1.29, 1.82) is 0 Å². The number of aromatic nitrogens is 5. The lowest BCUT2D eigenvalue weighted by Crippen LogP contribution is -2.00. The zero-order valence-electron chi connectivity index (χ0n) is 28.1. The molecule has 0 radical (unpaired) electrons. The molecule has 0 atom stereocenters. The molecule has 0 bridgehead atoms. The summed E-state index contributed by atoms with van der Waals surface area (Å²) < 4.78 is 11.3. The first kappa shape index (κ1) is 29.7. The largest absolute Gasteiger partial charge is 0.456 e. The van der Waals surface area contributed by atoms with Gasteiger partial charge in [0.05, 0.1) is 11.0 Å². The van der Waals surface area contributed by atoms with Crippen molar-refractivity contribution >= 4 is 64.5 Å². The van der Waals surface area contributed by atoms with Crippen molar-refractivity contribution in [3.8, 4) is 51.2 Å². The van der Waals surface area contributed by atoms with E-state index in [-0.39, 0.29) is 0 Å². The van der Waals surface area contributed by atoms with Gasteiger partial charge in [-0.15, -0.1) is 11.3 Å². The second-order valence-corrected chi connectivity index (χ2v) is 14.1. The average Bonchev–Trinajstić information content (AvgIpc) is 3.92. The molecule has 0 amide bonds. The van der Waals surface area contributed by atoms with Gasteiger partial charge in [-0.05, 0) is 54.6 Å². The monoisotopic (exact) mass is 697 g/mol. The van der Waals surface area contributed by atoms with Crippen molar-refractivity contribution in [3.63, 3.8) is 0 Å². The van der Waals surface area contributed by atoms with E-state index in [2.05, 4.69) is 114 Å². The van der Waals surface area contributed by atoms with Crippen LogP contribution in [0, 0.1) is 0 Å². The summed E-state index contributed by atoms with van der Waals surface area (Å²) in [5.74, 6) is 2.70. The summed E-state index contributed by atoms with van der Waals surface area (Å²) in [5.41, 5.74) is 8.32. The lowest BCUT2D eigenvalue weighted by molar-refractivity contribution is 0.669. The highest BCUT2D eigenvalue weighted by molar-refractivity contribution is 7.25. The quantitative estimate of drug-likeness (QED) is 0.179. The molecule has 6 nitrogen and oxygen atoms in total. The molecule has 11 aromatic rings. The Kier molecular flexibility index (Phi) is 6.62. The Bertz CT molecular complexity index is 3180. The van der Waals surface area contributed by atoms with E-state index < -0.39 is 0 Å². The van der Waals surface area contributed by atoms with Crippen LogP contribution in [0.4, 0.5) is 0 Å². The topological polar surface area (TPSA) is 69.6 Å². The van der Waals surface area contributed by atoms with E-state index in [4.69, 9.17) is 24.4 Å². The molecule has 53 heavy (non-hydrogen) atoms. The fraction of sp³-hybridized carbons (Fsp3) is 0. The zero-order valence-corrected chi connectivity index (χ0v) is 29.0. The van der Waals surface area contributed by atoms with Crippen LogP contribution in [0.15, 0.2) is 168 Å². The predicted octanol–water partition coefficient (Wildman–Crippen LogP) is 12.1. The van der Waals surface area contributed by atoms with Gasteiger partial charge in [-0.25, -0.2) is 19.9 Å². The number of para-hydroxylation sites is 3. The molecule has 0 saturated carbocycles. The number of rotatable bonds is 5. The van der Waals surface area contributed by atoms with Gasteiger partial charge in [-0.2, -0.15) is 0 Å². The van der Waals surface area contributed by atoms with Crippen LogP contribution < -0.4 is 0 Å². The number of nitrogens with zero attached hydrogens (tertiary/aromatic N) is 5. The lowest BCUT2D eigenvalue weighted by atomic mass is 10.0. The minimum absolute atomic E-state index is 0.591. The Morgan fingerprint density at radius 3 is 1.98 bits per heavy atom. The minimum Gasteiger partial charge on any atom is -0.456 e. The van der Waals surface area contributed by atoms with Gasteiger partial charge in [-0.3, -0.25) is 4.57 Å². The molecule has 0 aliphatic rings. The van der Waals surface area contributed by atoms with E-state index in [0.717, 1.165) is 72.1 Å². The highest BCUT2D eigenvalue weighted by atomic mass is 32.1. The second kappa shape index (κ2) is 11.8. The molecule has 7 aromatic carbocycles. The predicted molar refractivity (Wildman–Crippen MR) is 216 cm³/mol. The first-order valence-corrected chi connectivity index (χ1v) is 18.3. The second-order valence-electron chi connectivity index (χ2n) is 13.0. The molecule has 248 valence electrons. The molecular formula is C46H27N5OS. The van der Waals surface area contributed by atoms with Crippen LogP contribution in [0.2, 0.25) is 0 Å². The summed E-state index contributed by atoms with van der Waals surface area (Å²) in [6, 6.07) is 56.1. The molecule has 0 fully saturated rings. The van der Waals surface area contributed by atoms with Gasteiger partial charge in [0.25, 0.3) is 0 Å². The third kappa shape index (κ3) is 4.79. The molecular weight excluding hydrogens is 671 g/mol. The SMILES string of the molecule is c1ccc(-c2nc(-c3cccc4oc5cc(-c6nc7ccccc7n6-c6ccccc6)ccc5c34)nc(-c3cccc4sc5ccccc5c34)n2)cc1. The fourth-order valence-corrected chi connectivity index (χ4v) is 8.64. The van der Waals surface area contributed by atoms with Crippen molar-refractivity contribution in [2.45, 2.75) is 0 Å². The number of benzene rings is 7. The lowest BCUT2D eigenvalue weighted by Gasteiger charge is -2.10. The third-order valence-electron chi connectivity index (χ3n) is 9.88. The first-order chi connectivity index (χ1) is 26.3. The van der Waals surface area contributed by atoms with Crippen LogP contribution in [-0.4, -0.2) is 24.5 Å². The Morgan fingerprint density at radius 2 is 1.13 bits per heavy atom. The average molecular weight is 698 g/mol. The van der Waals surface area contributed by atoms with Crippen molar-refractivity contribution in [3.05, 3.63) is 164 Å². The fourth-order valence-electron chi connectivity index (χ4n) is 7.50. The summed E-state index contributed by atoms with van der Waals surface area (Å²) in [4.78, 5) is 20.6. The minimum atomic E-state index is 0.591. The van der Waals surface area contributed by atoms with Crippen molar-refractivity contribution < 1.29 is 4.42 Å². The van der Waals surface area contributed by atoms with Gasteiger partial charge in [0.15, 0.2) is 17.5 Å². The van der Waals surface area contributed by atoms with Crippen LogP contribution in [0.3, 0.4) is 0 Å². The van der Waals surface area contributed by atoms with Crippen molar-refractivity contribution in [2.75, 3.05) is 0 Å². The maximum absolute atomic E-state index is 6.61. The molecule has 0 aliphatic heterocycles. The zero-order chi connectivity index (χ0) is 34.9. The van der Waals surface area contributed by atoms with Crippen LogP contribution in [0.1, 0.15) is 0 Å². The number of hydrogen-bond acceptors (Lipinski definition) is 6. The van der Waals surface area contributed by atoms with Gasteiger partial charge in [-0.1, -0.05) is 109 Å².